The summed E-state index contributed by atoms with van der Waals surface area (Å²) in [5.74, 6) is 4.21. The highest BCUT2D eigenvalue weighted by atomic mass is 19.1. The molecular formula is C14H10FN3O2. The van der Waals surface area contributed by atoms with Crippen LogP contribution in [0.2, 0.25) is 0 Å². The standard InChI is InChI=1S/C14H10FN3O2/c15-11-5-6-12(10(9-11)3-2-8-19)14(20)17-13-4-1-7-16-18-13/h1,4-7,9,19H,8H2,(H,17,18,20). The van der Waals surface area contributed by atoms with Crippen LogP contribution < -0.4 is 5.32 Å². The summed E-state index contributed by atoms with van der Waals surface area (Å²) in [6.07, 6.45) is 1.48. The van der Waals surface area contributed by atoms with E-state index in [1.54, 1.807) is 12.1 Å². The zero-order valence-electron chi connectivity index (χ0n) is 10.3. The normalized spacial score (nSPS) is 9.50. The molecular weight excluding hydrogens is 261 g/mol. The second-order valence-electron chi connectivity index (χ2n) is 3.71. The van der Waals surface area contributed by atoms with Crippen LogP contribution >= 0.6 is 0 Å². The van der Waals surface area contributed by atoms with E-state index in [0.29, 0.717) is 0 Å². The SMILES string of the molecule is O=C(Nc1cccnn1)c1ccc(F)cc1C#CCO. The van der Waals surface area contributed by atoms with Gasteiger partial charge in [-0.15, -0.1) is 5.10 Å². The van der Waals surface area contributed by atoms with E-state index in [4.69, 9.17) is 5.11 Å². The minimum Gasteiger partial charge on any atom is -0.384 e. The predicted octanol–water partition coefficient (Wildman–Crippen LogP) is 1.21. The van der Waals surface area contributed by atoms with Crippen LogP contribution in [-0.4, -0.2) is 27.8 Å². The summed E-state index contributed by atoms with van der Waals surface area (Å²) in [6, 6.07) is 6.82. The molecule has 2 N–H and O–H groups in total. The molecule has 0 spiro atoms. The molecule has 0 atom stereocenters. The zero-order valence-corrected chi connectivity index (χ0v) is 10.3. The molecule has 100 valence electrons. The summed E-state index contributed by atoms with van der Waals surface area (Å²) >= 11 is 0. The second-order valence-corrected chi connectivity index (χ2v) is 3.71. The summed E-state index contributed by atoms with van der Waals surface area (Å²) in [4.78, 5) is 12.1. The van der Waals surface area contributed by atoms with Gasteiger partial charge in [-0.2, -0.15) is 5.10 Å². The number of amides is 1. The lowest BCUT2D eigenvalue weighted by atomic mass is 10.1. The number of rotatable bonds is 2. The Morgan fingerprint density at radius 3 is 2.95 bits per heavy atom. The number of hydrogen-bond acceptors (Lipinski definition) is 4. The fourth-order valence-electron chi connectivity index (χ4n) is 1.50. The van der Waals surface area contributed by atoms with Gasteiger partial charge in [0, 0.05) is 11.8 Å². The highest BCUT2D eigenvalue weighted by Gasteiger charge is 2.12. The number of nitrogens with zero attached hydrogens (tertiary/aromatic N) is 2. The van der Waals surface area contributed by atoms with Gasteiger partial charge in [-0.1, -0.05) is 11.8 Å². The molecule has 2 aromatic rings. The fraction of sp³-hybridized carbons (Fsp3) is 0.0714. The molecule has 0 aliphatic heterocycles. The molecule has 1 amide bonds. The molecule has 20 heavy (non-hydrogen) atoms. The van der Waals surface area contributed by atoms with E-state index in [0.717, 1.165) is 12.1 Å². The quantitative estimate of drug-likeness (QED) is 0.805. The van der Waals surface area contributed by atoms with Gasteiger partial charge >= 0.3 is 0 Å². The van der Waals surface area contributed by atoms with Crippen molar-refractivity contribution < 1.29 is 14.3 Å². The van der Waals surface area contributed by atoms with Gasteiger partial charge in [-0.25, -0.2) is 4.39 Å². The van der Waals surface area contributed by atoms with Crippen LogP contribution in [0, 0.1) is 17.7 Å². The van der Waals surface area contributed by atoms with Crippen molar-refractivity contribution in [2.75, 3.05) is 11.9 Å². The molecule has 0 saturated carbocycles. The van der Waals surface area contributed by atoms with Crippen molar-refractivity contribution in [3.8, 4) is 11.8 Å². The maximum atomic E-state index is 13.2. The van der Waals surface area contributed by atoms with Gasteiger partial charge in [0.25, 0.3) is 5.91 Å². The van der Waals surface area contributed by atoms with Gasteiger partial charge in [0.05, 0.1) is 5.56 Å². The molecule has 6 heteroatoms. The molecule has 1 aromatic heterocycles. The first kappa shape index (κ1) is 13.6. The summed E-state index contributed by atoms with van der Waals surface area (Å²) in [5.41, 5.74) is 0.387. The van der Waals surface area contributed by atoms with Gasteiger partial charge in [-0.3, -0.25) is 4.79 Å². The Morgan fingerprint density at radius 1 is 1.40 bits per heavy atom. The molecule has 2 rings (SSSR count). The Bertz CT molecular complexity index is 678. The summed E-state index contributed by atoms with van der Waals surface area (Å²) in [7, 11) is 0. The average molecular weight is 271 g/mol. The molecule has 0 radical (unpaired) electrons. The number of hydrogen-bond donors (Lipinski definition) is 2. The Balaban J connectivity index is 2.30. The number of halogens is 1. The van der Waals surface area contributed by atoms with E-state index in [1.807, 2.05) is 0 Å². The van der Waals surface area contributed by atoms with Crippen LogP contribution in [0.5, 0.6) is 0 Å². The van der Waals surface area contributed by atoms with Crippen molar-refractivity contribution in [3.63, 3.8) is 0 Å². The minimum atomic E-state index is -0.511. The van der Waals surface area contributed by atoms with Gasteiger partial charge in [0.2, 0.25) is 0 Å². The largest absolute Gasteiger partial charge is 0.384 e. The summed E-state index contributed by atoms with van der Waals surface area (Å²) in [5, 5.41) is 18.6. The molecule has 5 nitrogen and oxygen atoms in total. The van der Waals surface area contributed by atoms with Crippen LogP contribution in [0.4, 0.5) is 10.2 Å². The molecule has 1 aromatic carbocycles. The number of aliphatic hydroxyl groups excluding tert-OH is 1. The first-order valence-electron chi connectivity index (χ1n) is 5.69. The Labute approximate surface area is 114 Å². The van der Waals surface area contributed by atoms with Gasteiger partial charge in [0.15, 0.2) is 5.82 Å². The predicted molar refractivity (Wildman–Crippen MR) is 70.3 cm³/mol. The van der Waals surface area contributed by atoms with E-state index in [2.05, 4.69) is 27.4 Å². The van der Waals surface area contributed by atoms with Crippen LogP contribution in [0.15, 0.2) is 36.5 Å². The molecule has 0 bridgehead atoms. The van der Waals surface area contributed by atoms with Crippen molar-refractivity contribution in [1.29, 1.82) is 0 Å². The summed E-state index contributed by atoms with van der Waals surface area (Å²) < 4.78 is 13.2. The smallest absolute Gasteiger partial charge is 0.258 e. The molecule has 0 fully saturated rings. The van der Waals surface area contributed by atoms with E-state index in [-0.39, 0.29) is 23.6 Å². The highest BCUT2D eigenvalue weighted by Crippen LogP contribution is 2.12. The van der Waals surface area contributed by atoms with E-state index in [9.17, 15) is 9.18 Å². The van der Waals surface area contributed by atoms with Crippen LogP contribution in [0.1, 0.15) is 15.9 Å². The van der Waals surface area contributed by atoms with Crippen molar-refractivity contribution >= 4 is 11.7 Å². The lowest BCUT2D eigenvalue weighted by Crippen LogP contribution is -2.15. The third-order valence-corrected chi connectivity index (χ3v) is 2.34. The maximum absolute atomic E-state index is 13.2. The Kier molecular flexibility index (Phi) is 4.37. The molecule has 0 saturated heterocycles. The van der Waals surface area contributed by atoms with E-state index >= 15 is 0 Å². The molecule has 1 heterocycles. The van der Waals surface area contributed by atoms with Crippen molar-refractivity contribution in [2.24, 2.45) is 0 Å². The number of anilines is 1. The second kappa shape index (κ2) is 6.41. The maximum Gasteiger partial charge on any atom is 0.258 e. The van der Waals surface area contributed by atoms with Crippen molar-refractivity contribution in [3.05, 3.63) is 53.5 Å². The van der Waals surface area contributed by atoms with Crippen molar-refractivity contribution in [1.82, 2.24) is 10.2 Å². The monoisotopic (exact) mass is 271 g/mol. The highest BCUT2D eigenvalue weighted by molar-refractivity contribution is 6.05. The van der Waals surface area contributed by atoms with Crippen LogP contribution in [-0.2, 0) is 0 Å². The third-order valence-electron chi connectivity index (χ3n) is 2.34. The minimum absolute atomic E-state index is 0.193. The first-order chi connectivity index (χ1) is 9.70. The summed E-state index contributed by atoms with van der Waals surface area (Å²) in [6.45, 7) is -0.373. The number of carbonyl (C=O) groups excluding carboxylic acids is 1. The van der Waals surface area contributed by atoms with Crippen LogP contribution in [0.3, 0.4) is 0 Å². The Hall–Kier alpha value is -2.78. The lowest BCUT2D eigenvalue weighted by molar-refractivity contribution is 0.102. The van der Waals surface area contributed by atoms with Gasteiger partial charge < -0.3 is 10.4 Å². The number of aromatic nitrogens is 2. The zero-order chi connectivity index (χ0) is 14.4. The molecule has 0 aliphatic carbocycles. The van der Waals surface area contributed by atoms with Gasteiger partial charge in [0.1, 0.15) is 12.4 Å². The Morgan fingerprint density at radius 2 is 2.25 bits per heavy atom. The molecule has 0 aliphatic rings. The topological polar surface area (TPSA) is 75.1 Å². The van der Waals surface area contributed by atoms with Crippen molar-refractivity contribution in [2.45, 2.75) is 0 Å². The fourth-order valence-corrected chi connectivity index (χ4v) is 1.50. The third kappa shape index (κ3) is 3.37. The van der Waals surface area contributed by atoms with Gasteiger partial charge in [-0.05, 0) is 30.3 Å². The first-order valence-corrected chi connectivity index (χ1v) is 5.69. The van der Waals surface area contributed by atoms with Crippen LogP contribution in [0.25, 0.3) is 0 Å². The average Bonchev–Trinajstić information content (AvgIpc) is 2.46. The number of benzene rings is 1. The van der Waals surface area contributed by atoms with E-state index in [1.165, 1.54) is 12.3 Å². The number of carbonyl (C=O) groups is 1. The molecule has 0 unspecified atom stereocenters. The van der Waals surface area contributed by atoms with E-state index < -0.39 is 11.7 Å². The lowest BCUT2D eigenvalue weighted by Gasteiger charge is -2.05. The number of aliphatic hydroxyl groups is 1. The number of nitrogens with one attached hydrogen (secondary N) is 1.